The molecule has 0 aromatic heterocycles. The molecular weight excluding hydrogens is 286 g/mol. The molecule has 1 N–H and O–H groups in total. The first-order chi connectivity index (χ1) is 10.6. The quantitative estimate of drug-likeness (QED) is 0.879. The lowest BCUT2D eigenvalue weighted by molar-refractivity contribution is -0.127. The van der Waals surface area contributed by atoms with Crippen molar-refractivity contribution in [1.82, 2.24) is 5.32 Å². The fraction of sp³-hybridized carbons (Fsp3) is 0.650. The Morgan fingerprint density at radius 1 is 1.09 bits per heavy atom. The first-order valence-electron chi connectivity index (χ1n) is 8.58. The van der Waals surface area contributed by atoms with Crippen LogP contribution in [0.2, 0.25) is 0 Å². The predicted molar refractivity (Wildman–Crippen MR) is 94.6 cm³/mol. The van der Waals surface area contributed by atoms with E-state index in [0.29, 0.717) is 0 Å². The molecule has 0 bridgehead atoms. The van der Waals surface area contributed by atoms with Crippen LogP contribution in [0.1, 0.15) is 68.9 Å². The van der Waals surface area contributed by atoms with E-state index in [4.69, 9.17) is 4.74 Å². The Morgan fingerprint density at radius 3 is 2.26 bits per heavy atom. The molecular formula is C20H31NO2. The molecule has 1 fully saturated rings. The number of aryl methyl sites for hydroxylation is 3. The molecule has 1 aliphatic rings. The van der Waals surface area contributed by atoms with Crippen LogP contribution in [0.4, 0.5) is 0 Å². The van der Waals surface area contributed by atoms with E-state index in [1.807, 2.05) is 0 Å². The zero-order valence-corrected chi connectivity index (χ0v) is 15.6. The number of hydrogen-bond donors (Lipinski definition) is 1. The van der Waals surface area contributed by atoms with Crippen molar-refractivity contribution >= 4 is 5.91 Å². The van der Waals surface area contributed by atoms with E-state index in [2.05, 4.69) is 59.0 Å². The van der Waals surface area contributed by atoms with Gasteiger partial charge >= 0.3 is 0 Å². The molecule has 0 spiro atoms. The average molecular weight is 317 g/mol. The van der Waals surface area contributed by atoms with E-state index < -0.39 is 0 Å². The minimum absolute atomic E-state index is 0.0418. The zero-order valence-electron chi connectivity index (χ0n) is 15.6. The van der Waals surface area contributed by atoms with E-state index >= 15 is 0 Å². The summed E-state index contributed by atoms with van der Waals surface area (Å²) >= 11 is 0. The molecule has 0 saturated carbocycles. The minimum Gasteiger partial charge on any atom is -0.370 e. The number of carbonyl (C=O) groups excluding carboxylic acids is 1. The largest absolute Gasteiger partial charge is 0.370 e. The SMILES string of the molecule is CC(=O)N[C@H]1C[C@@H](c2cc(C)c(C)cc2C)O[C@@H](C(C)(C)C)C1. The standard InChI is InChI=1S/C20H31NO2/c1-12-8-14(3)17(9-13(12)2)18-10-16(21-15(4)22)11-19(23-18)20(5,6)7/h8-9,16,18-19H,10-11H2,1-7H3,(H,21,22)/t16-,18-,19+/m0/s1. The van der Waals surface area contributed by atoms with Crippen LogP contribution in [0.5, 0.6) is 0 Å². The van der Waals surface area contributed by atoms with Gasteiger partial charge in [0.15, 0.2) is 0 Å². The van der Waals surface area contributed by atoms with Crippen LogP contribution in [-0.4, -0.2) is 18.1 Å². The monoisotopic (exact) mass is 317 g/mol. The number of nitrogens with one attached hydrogen (secondary N) is 1. The lowest BCUT2D eigenvalue weighted by atomic mass is 9.80. The van der Waals surface area contributed by atoms with Crippen molar-refractivity contribution in [3.05, 3.63) is 34.4 Å². The molecule has 1 amide bonds. The first kappa shape index (κ1) is 18.0. The van der Waals surface area contributed by atoms with E-state index in [9.17, 15) is 4.79 Å². The number of benzene rings is 1. The summed E-state index contributed by atoms with van der Waals surface area (Å²) in [6.45, 7) is 14.7. The Kier molecular flexibility index (Phi) is 5.20. The molecule has 0 unspecified atom stereocenters. The summed E-state index contributed by atoms with van der Waals surface area (Å²) in [5, 5.41) is 3.11. The molecule has 23 heavy (non-hydrogen) atoms. The van der Waals surface area contributed by atoms with Crippen LogP contribution in [0.3, 0.4) is 0 Å². The molecule has 1 saturated heterocycles. The third-order valence-electron chi connectivity index (χ3n) is 4.93. The summed E-state index contributed by atoms with van der Waals surface area (Å²) in [6.07, 6.45) is 1.90. The van der Waals surface area contributed by atoms with Gasteiger partial charge in [-0.25, -0.2) is 0 Å². The molecule has 2 rings (SSSR count). The highest BCUT2D eigenvalue weighted by molar-refractivity contribution is 5.73. The summed E-state index contributed by atoms with van der Waals surface area (Å²) in [5.74, 6) is 0.0418. The highest BCUT2D eigenvalue weighted by Crippen LogP contribution is 2.39. The van der Waals surface area contributed by atoms with Crippen LogP contribution in [0, 0.1) is 26.2 Å². The number of ether oxygens (including phenoxy) is 1. The van der Waals surface area contributed by atoms with Crippen molar-refractivity contribution in [2.24, 2.45) is 5.41 Å². The Morgan fingerprint density at radius 2 is 1.70 bits per heavy atom. The van der Waals surface area contributed by atoms with Gasteiger partial charge in [-0.2, -0.15) is 0 Å². The predicted octanol–water partition coefficient (Wildman–Crippen LogP) is 4.38. The second kappa shape index (κ2) is 6.64. The van der Waals surface area contributed by atoms with Gasteiger partial charge in [0.2, 0.25) is 5.91 Å². The Bertz CT molecular complexity index is 586. The second-order valence-electron chi connectivity index (χ2n) is 8.14. The Balaban J connectivity index is 2.32. The van der Waals surface area contributed by atoms with Crippen molar-refractivity contribution in [3.63, 3.8) is 0 Å². The fourth-order valence-electron chi connectivity index (χ4n) is 3.42. The van der Waals surface area contributed by atoms with Gasteiger partial charge in [-0.15, -0.1) is 0 Å². The Labute approximate surface area is 140 Å². The Hall–Kier alpha value is -1.35. The second-order valence-corrected chi connectivity index (χ2v) is 8.14. The van der Waals surface area contributed by atoms with E-state index in [1.54, 1.807) is 6.92 Å². The molecule has 0 aliphatic carbocycles. The van der Waals surface area contributed by atoms with Crippen LogP contribution < -0.4 is 5.32 Å². The van der Waals surface area contributed by atoms with Crippen LogP contribution >= 0.6 is 0 Å². The third-order valence-corrected chi connectivity index (χ3v) is 4.93. The van der Waals surface area contributed by atoms with Crippen LogP contribution in [-0.2, 0) is 9.53 Å². The number of rotatable bonds is 2. The average Bonchev–Trinajstić information content (AvgIpc) is 2.40. The van der Waals surface area contributed by atoms with E-state index in [-0.39, 0.29) is 29.6 Å². The maximum atomic E-state index is 11.5. The summed E-state index contributed by atoms with van der Waals surface area (Å²) in [7, 11) is 0. The van der Waals surface area contributed by atoms with Gasteiger partial charge in [-0.05, 0) is 61.3 Å². The van der Waals surface area contributed by atoms with Gasteiger partial charge in [0.05, 0.1) is 12.2 Å². The zero-order chi connectivity index (χ0) is 17.4. The molecule has 3 atom stereocenters. The molecule has 1 aliphatic heterocycles. The molecule has 1 aromatic carbocycles. The first-order valence-corrected chi connectivity index (χ1v) is 8.58. The third kappa shape index (κ3) is 4.35. The van der Waals surface area contributed by atoms with E-state index in [1.165, 1.54) is 22.3 Å². The molecule has 1 aromatic rings. The molecule has 0 radical (unpaired) electrons. The maximum absolute atomic E-state index is 11.5. The topological polar surface area (TPSA) is 38.3 Å². The lowest BCUT2D eigenvalue weighted by Crippen LogP contribution is -2.46. The highest BCUT2D eigenvalue weighted by Gasteiger charge is 2.37. The maximum Gasteiger partial charge on any atom is 0.217 e. The number of carbonyl (C=O) groups is 1. The fourth-order valence-corrected chi connectivity index (χ4v) is 3.42. The number of hydrogen-bond acceptors (Lipinski definition) is 2. The van der Waals surface area contributed by atoms with Crippen LogP contribution in [0.25, 0.3) is 0 Å². The van der Waals surface area contributed by atoms with Crippen LogP contribution in [0.15, 0.2) is 12.1 Å². The minimum atomic E-state index is 0.0418. The van der Waals surface area contributed by atoms with Crippen molar-refractivity contribution in [2.75, 3.05) is 0 Å². The van der Waals surface area contributed by atoms with Gasteiger partial charge in [0, 0.05) is 13.0 Å². The molecule has 1 heterocycles. The summed E-state index contributed by atoms with van der Waals surface area (Å²) in [6, 6.07) is 4.67. The molecule has 3 nitrogen and oxygen atoms in total. The van der Waals surface area contributed by atoms with Gasteiger partial charge in [0.25, 0.3) is 0 Å². The smallest absolute Gasteiger partial charge is 0.217 e. The van der Waals surface area contributed by atoms with Gasteiger partial charge < -0.3 is 10.1 Å². The molecule has 3 heteroatoms. The molecule has 128 valence electrons. The van der Waals surface area contributed by atoms with Gasteiger partial charge in [-0.3, -0.25) is 4.79 Å². The van der Waals surface area contributed by atoms with Crippen molar-refractivity contribution in [1.29, 1.82) is 0 Å². The van der Waals surface area contributed by atoms with Gasteiger partial charge in [-0.1, -0.05) is 32.9 Å². The highest BCUT2D eigenvalue weighted by atomic mass is 16.5. The van der Waals surface area contributed by atoms with Crippen molar-refractivity contribution < 1.29 is 9.53 Å². The normalized spacial score (nSPS) is 25.3. The number of amides is 1. The summed E-state index contributed by atoms with van der Waals surface area (Å²) in [4.78, 5) is 11.5. The summed E-state index contributed by atoms with van der Waals surface area (Å²) < 4.78 is 6.47. The lowest BCUT2D eigenvalue weighted by Gasteiger charge is -2.42. The van der Waals surface area contributed by atoms with E-state index in [0.717, 1.165) is 12.8 Å². The van der Waals surface area contributed by atoms with Crippen molar-refractivity contribution in [2.45, 2.75) is 79.6 Å². The van der Waals surface area contributed by atoms with Crippen molar-refractivity contribution in [3.8, 4) is 0 Å². The summed E-state index contributed by atoms with van der Waals surface area (Å²) in [5.41, 5.74) is 5.20. The van der Waals surface area contributed by atoms with Gasteiger partial charge in [0.1, 0.15) is 0 Å².